The number of carbonyl (C=O) groups excluding carboxylic acids is 1. The number of aromatic hydroxyl groups is 1. The molecule has 0 heterocycles. The van der Waals surface area contributed by atoms with Crippen molar-refractivity contribution in [3.63, 3.8) is 0 Å². The minimum Gasteiger partial charge on any atom is -0.506 e. The maximum atomic E-state index is 13.4. The molecular formula is C14H11FN2O2S. The van der Waals surface area contributed by atoms with E-state index in [9.17, 15) is 14.3 Å². The lowest BCUT2D eigenvalue weighted by atomic mass is 10.2. The molecular weight excluding hydrogens is 279 g/mol. The first kappa shape index (κ1) is 14.0. The monoisotopic (exact) mass is 290 g/mol. The second kappa shape index (κ2) is 6.12. The summed E-state index contributed by atoms with van der Waals surface area (Å²) in [4.78, 5) is 11.8. The number of hydrogen-bond donors (Lipinski definition) is 3. The van der Waals surface area contributed by atoms with Crippen LogP contribution in [0.1, 0.15) is 10.4 Å². The lowest BCUT2D eigenvalue weighted by molar-refractivity contribution is 0.0974. The highest BCUT2D eigenvalue weighted by Gasteiger charge is 2.12. The second-order valence-corrected chi connectivity index (χ2v) is 4.31. The number of anilines is 1. The van der Waals surface area contributed by atoms with Crippen molar-refractivity contribution in [2.24, 2.45) is 0 Å². The Hall–Kier alpha value is -2.47. The van der Waals surface area contributed by atoms with Gasteiger partial charge in [0.15, 0.2) is 5.11 Å². The number of phenolic OH excluding ortho intramolecular Hbond substituents is 1. The first-order chi connectivity index (χ1) is 9.58. The van der Waals surface area contributed by atoms with Crippen LogP contribution in [0.4, 0.5) is 10.1 Å². The predicted octanol–water partition coefficient (Wildman–Crippen LogP) is 2.66. The van der Waals surface area contributed by atoms with Crippen LogP contribution in [0, 0.1) is 5.82 Å². The number of thiocarbonyl (C=S) groups is 1. The molecule has 6 heteroatoms. The lowest BCUT2D eigenvalue weighted by Crippen LogP contribution is -2.34. The Labute approximate surface area is 120 Å². The summed E-state index contributed by atoms with van der Waals surface area (Å²) in [5.74, 6) is -1.29. The van der Waals surface area contributed by atoms with Crippen LogP contribution in [-0.4, -0.2) is 16.1 Å². The van der Waals surface area contributed by atoms with E-state index in [1.54, 1.807) is 24.3 Å². The number of nitrogens with one attached hydrogen (secondary N) is 2. The van der Waals surface area contributed by atoms with Crippen molar-refractivity contribution >= 4 is 28.9 Å². The number of amides is 1. The maximum absolute atomic E-state index is 13.4. The first-order valence-electron chi connectivity index (χ1n) is 5.73. The van der Waals surface area contributed by atoms with E-state index in [4.69, 9.17) is 12.2 Å². The van der Waals surface area contributed by atoms with Gasteiger partial charge in [-0.15, -0.1) is 0 Å². The largest absolute Gasteiger partial charge is 0.506 e. The summed E-state index contributed by atoms with van der Waals surface area (Å²) < 4.78 is 13.4. The zero-order valence-corrected chi connectivity index (χ0v) is 11.1. The number of para-hydroxylation sites is 2. The van der Waals surface area contributed by atoms with Gasteiger partial charge in [-0.1, -0.05) is 24.3 Å². The predicted molar refractivity (Wildman–Crippen MR) is 78.2 cm³/mol. The van der Waals surface area contributed by atoms with Crippen LogP contribution in [0.2, 0.25) is 0 Å². The van der Waals surface area contributed by atoms with E-state index in [0.717, 1.165) is 0 Å². The molecule has 0 saturated heterocycles. The van der Waals surface area contributed by atoms with E-state index in [-0.39, 0.29) is 16.4 Å². The number of carbonyl (C=O) groups is 1. The molecule has 3 N–H and O–H groups in total. The van der Waals surface area contributed by atoms with Crippen molar-refractivity contribution < 1.29 is 14.3 Å². The molecule has 1 amide bonds. The van der Waals surface area contributed by atoms with Crippen LogP contribution in [-0.2, 0) is 0 Å². The number of hydrogen-bond acceptors (Lipinski definition) is 3. The lowest BCUT2D eigenvalue weighted by Gasteiger charge is -2.10. The molecule has 0 atom stereocenters. The van der Waals surface area contributed by atoms with Gasteiger partial charge in [0.05, 0.1) is 11.3 Å². The fourth-order valence-corrected chi connectivity index (χ4v) is 1.75. The summed E-state index contributed by atoms with van der Waals surface area (Å²) >= 11 is 4.94. The molecule has 0 aliphatic heterocycles. The van der Waals surface area contributed by atoms with Gasteiger partial charge in [0, 0.05) is 0 Å². The van der Waals surface area contributed by atoms with Crippen LogP contribution in [0.3, 0.4) is 0 Å². The topological polar surface area (TPSA) is 61.4 Å². The summed E-state index contributed by atoms with van der Waals surface area (Å²) in [5.41, 5.74) is 0.250. The molecule has 0 aromatic heterocycles. The number of rotatable bonds is 2. The standard InChI is InChI=1S/C14H11FN2O2S/c15-10-6-2-1-5-9(10)13(19)17-14(20)16-11-7-3-4-8-12(11)18/h1-8,18H,(H2,16,17,19,20). The Morgan fingerprint density at radius 2 is 1.75 bits per heavy atom. The summed E-state index contributed by atoms with van der Waals surface area (Å²) in [5, 5.41) is 14.5. The van der Waals surface area contributed by atoms with E-state index < -0.39 is 11.7 Å². The molecule has 2 aromatic carbocycles. The van der Waals surface area contributed by atoms with Gasteiger partial charge in [0.2, 0.25) is 0 Å². The van der Waals surface area contributed by atoms with Gasteiger partial charge in [-0.3, -0.25) is 10.1 Å². The fraction of sp³-hybridized carbons (Fsp3) is 0. The quantitative estimate of drug-likeness (QED) is 0.588. The van der Waals surface area contributed by atoms with Crippen molar-refractivity contribution in [3.05, 3.63) is 59.9 Å². The van der Waals surface area contributed by atoms with Gasteiger partial charge < -0.3 is 10.4 Å². The molecule has 0 radical (unpaired) electrons. The summed E-state index contributed by atoms with van der Waals surface area (Å²) in [6.07, 6.45) is 0. The summed E-state index contributed by atoms with van der Waals surface area (Å²) in [7, 11) is 0. The van der Waals surface area contributed by atoms with Crippen LogP contribution in [0.25, 0.3) is 0 Å². The fourth-order valence-electron chi connectivity index (χ4n) is 1.55. The molecule has 4 nitrogen and oxygen atoms in total. The number of phenols is 1. The molecule has 0 aliphatic carbocycles. The van der Waals surface area contributed by atoms with E-state index in [2.05, 4.69) is 10.6 Å². The van der Waals surface area contributed by atoms with Crippen molar-refractivity contribution in [2.45, 2.75) is 0 Å². The van der Waals surface area contributed by atoms with Crippen molar-refractivity contribution in [2.75, 3.05) is 5.32 Å². The zero-order chi connectivity index (χ0) is 14.5. The smallest absolute Gasteiger partial charge is 0.260 e. The minimum atomic E-state index is -0.656. The Balaban J connectivity index is 2.04. The normalized spacial score (nSPS) is 9.85. The highest BCUT2D eigenvalue weighted by atomic mass is 32.1. The Kier molecular flexibility index (Phi) is 4.27. The van der Waals surface area contributed by atoms with Crippen molar-refractivity contribution in [3.8, 4) is 5.75 Å². The average molecular weight is 290 g/mol. The molecule has 20 heavy (non-hydrogen) atoms. The van der Waals surface area contributed by atoms with E-state index in [1.807, 2.05) is 0 Å². The molecule has 0 saturated carbocycles. The number of halogens is 1. The van der Waals surface area contributed by atoms with Crippen LogP contribution >= 0.6 is 12.2 Å². The molecule has 0 unspecified atom stereocenters. The van der Waals surface area contributed by atoms with Crippen molar-refractivity contribution in [1.29, 1.82) is 0 Å². The Bertz CT molecular complexity index is 661. The van der Waals surface area contributed by atoms with Gasteiger partial charge in [-0.05, 0) is 36.5 Å². The molecule has 2 aromatic rings. The highest BCUT2D eigenvalue weighted by molar-refractivity contribution is 7.80. The van der Waals surface area contributed by atoms with Gasteiger partial charge in [0.1, 0.15) is 11.6 Å². The molecule has 0 fully saturated rings. The zero-order valence-electron chi connectivity index (χ0n) is 10.3. The van der Waals surface area contributed by atoms with Crippen LogP contribution < -0.4 is 10.6 Å². The highest BCUT2D eigenvalue weighted by Crippen LogP contribution is 2.21. The molecule has 2 rings (SSSR count). The third-order valence-electron chi connectivity index (χ3n) is 2.50. The second-order valence-electron chi connectivity index (χ2n) is 3.91. The third-order valence-corrected chi connectivity index (χ3v) is 2.70. The summed E-state index contributed by atoms with van der Waals surface area (Å²) in [6, 6.07) is 12.0. The van der Waals surface area contributed by atoms with E-state index >= 15 is 0 Å². The molecule has 0 bridgehead atoms. The van der Waals surface area contributed by atoms with Gasteiger partial charge in [-0.2, -0.15) is 0 Å². The van der Waals surface area contributed by atoms with E-state index in [1.165, 1.54) is 24.3 Å². The number of benzene rings is 2. The maximum Gasteiger partial charge on any atom is 0.260 e. The van der Waals surface area contributed by atoms with Crippen LogP contribution in [0.15, 0.2) is 48.5 Å². The van der Waals surface area contributed by atoms with E-state index in [0.29, 0.717) is 5.69 Å². The Morgan fingerprint density at radius 1 is 1.10 bits per heavy atom. The van der Waals surface area contributed by atoms with Gasteiger partial charge in [-0.25, -0.2) is 4.39 Å². The minimum absolute atomic E-state index is 0.00464. The summed E-state index contributed by atoms with van der Waals surface area (Å²) in [6.45, 7) is 0. The Morgan fingerprint density at radius 3 is 2.45 bits per heavy atom. The first-order valence-corrected chi connectivity index (χ1v) is 6.13. The van der Waals surface area contributed by atoms with Crippen molar-refractivity contribution in [1.82, 2.24) is 5.32 Å². The van der Waals surface area contributed by atoms with Crippen LogP contribution in [0.5, 0.6) is 5.75 Å². The van der Waals surface area contributed by atoms with Gasteiger partial charge in [0.25, 0.3) is 5.91 Å². The SMILES string of the molecule is O=C(NC(=S)Nc1ccccc1O)c1ccccc1F. The molecule has 102 valence electrons. The third kappa shape index (κ3) is 3.30. The molecule has 0 spiro atoms. The molecule has 0 aliphatic rings. The van der Waals surface area contributed by atoms with Gasteiger partial charge >= 0.3 is 0 Å². The average Bonchev–Trinajstić information content (AvgIpc) is 2.41.